The van der Waals surface area contributed by atoms with Crippen LogP contribution in [0.2, 0.25) is 0 Å². The minimum Gasteiger partial charge on any atom is -0.423 e. The number of benzene rings is 2. The molecule has 1 amide bonds. The van der Waals surface area contributed by atoms with Gasteiger partial charge in [0.2, 0.25) is 0 Å². The Bertz CT molecular complexity index is 779. The van der Waals surface area contributed by atoms with Crippen LogP contribution in [0.25, 0.3) is 0 Å². The molecule has 0 N–H and O–H groups in total. The van der Waals surface area contributed by atoms with Crippen molar-refractivity contribution in [2.45, 2.75) is 13.5 Å². The molecule has 2 aromatic carbocycles. The molecule has 0 radical (unpaired) electrons. The molecule has 110 valence electrons. The van der Waals surface area contributed by atoms with Gasteiger partial charge in [-0.2, -0.15) is 0 Å². The molecule has 22 heavy (non-hydrogen) atoms. The fraction of sp³-hybridized carbons (Fsp3) is 0.111. The van der Waals surface area contributed by atoms with Crippen molar-refractivity contribution in [1.29, 1.82) is 0 Å². The molecule has 1 aliphatic rings. The molecule has 1 aliphatic heterocycles. The van der Waals surface area contributed by atoms with Crippen LogP contribution in [-0.2, 0) is 11.3 Å². The van der Waals surface area contributed by atoms with E-state index in [0.717, 1.165) is 5.56 Å². The zero-order chi connectivity index (χ0) is 15.7. The van der Waals surface area contributed by atoms with E-state index in [1.165, 1.54) is 0 Å². The standard InChI is InChI=1S/C18H15NO3/c1-12(2)18(21)22-15-8-5-7-14(10-15)19-11-13-6-3-4-9-16(13)17(19)20/h3-10H,1,11H2,2H3. The van der Waals surface area contributed by atoms with Crippen LogP contribution in [0.3, 0.4) is 0 Å². The molecule has 0 aliphatic carbocycles. The van der Waals surface area contributed by atoms with Gasteiger partial charge in [0.05, 0.1) is 6.54 Å². The molecule has 4 heteroatoms. The fourth-order valence-electron chi connectivity index (χ4n) is 2.37. The largest absolute Gasteiger partial charge is 0.423 e. The van der Waals surface area contributed by atoms with E-state index in [0.29, 0.717) is 29.1 Å². The first-order valence-corrected chi connectivity index (χ1v) is 6.94. The molecule has 1 heterocycles. The van der Waals surface area contributed by atoms with Crippen LogP contribution in [0, 0.1) is 0 Å². The molecule has 0 aromatic heterocycles. The van der Waals surface area contributed by atoms with Crippen molar-refractivity contribution in [3.05, 3.63) is 71.8 Å². The second-order valence-corrected chi connectivity index (χ2v) is 5.22. The number of carbonyl (C=O) groups excluding carboxylic acids is 2. The van der Waals surface area contributed by atoms with Gasteiger partial charge < -0.3 is 9.64 Å². The number of nitrogens with zero attached hydrogens (tertiary/aromatic N) is 1. The van der Waals surface area contributed by atoms with Crippen LogP contribution in [0.4, 0.5) is 5.69 Å². The Morgan fingerprint density at radius 3 is 2.68 bits per heavy atom. The SMILES string of the molecule is C=C(C)C(=O)Oc1cccc(N2Cc3ccccc3C2=O)c1. The lowest BCUT2D eigenvalue weighted by Gasteiger charge is -2.16. The summed E-state index contributed by atoms with van der Waals surface area (Å²) in [5.74, 6) is -0.124. The third-order valence-corrected chi connectivity index (χ3v) is 3.51. The average molecular weight is 293 g/mol. The lowest BCUT2D eigenvalue weighted by atomic mass is 10.1. The minimum atomic E-state index is -0.479. The lowest BCUT2D eigenvalue weighted by Crippen LogP contribution is -2.23. The lowest BCUT2D eigenvalue weighted by molar-refractivity contribution is -0.130. The van der Waals surface area contributed by atoms with Gasteiger partial charge in [0.15, 0.2) is 0 Å². The van der Waals surface area contributed by atoms with Crippen molar-refractivity contribution in [1.82, 2.24) is 0 Å². The monoisotopic (exact) mass is 293 g/mol. The molecule has 4 nitrogen and oxygen atoms in total. The van der Waals surface area contributed by atoms with E-state index in [2.05, 4.69) is 6.58 Å². The number of anilines is 1. The number of ether oxygens (including phenoxy) is 1. The fourth-order valence-corrected chi connectivity index (χ4v) is 2.37. The van der Waals surface area contributed by atoms with Gasteiger partial charge in [-0.05, 0) is 30.7 Å². The smallest absolute Gasteiger partial charge is 0.338 e. The van der Waals surface area contributed by atoms with E-state index in [4.69, 9.17) is 4.74 Å². The van der Waals surface area contributed by atoms with Crippen LogP contribution in [0.15, 0.2) is 60.7 Å². The summed E-state index contributed by atoms with van der Waals surface area (Å²) in [6.07, 6.45) is 0. The zero-order valence-electron chi connectivity index (χ0n) is 12.2. The first-order valence-electron chi connectivity index (χ1n) is 6.94. The van der Waals surface area contributed by atoms with Crippen molar-refractivity contribution in [3.8, 4) is 5.75 Å². The van der Waals surface area contributed by atoms with E-state index in [1.807, 2.05) is 30.3 Å². The van der Waals surface area contributed by atoms with Gasteiger partial charge in [-0.1, -0.05) is 30.8 Å². The second-order valence-electron chi connectivity index (χ2n) is 5.22. The van der Waals surface area contributed by atoms with Gasteiger partial charge >= 0.3 is 5.97 Å². The number of hydrogen-bond acceptors (Lipinski definition) is 3. The Morgan fingerprint density at radius 1 is 1.18 bits per heavy atom. The van der Waals surface area contributed by atoms with Crippen LogP contribution < -0.4 is 9.64 Å². The molecule has 0 spiro atoms. The molecule has 0 atom stereocenters. The third-order valence-electron chi connectivity index (χ3n) is 3.51. The molecule has 0 unspecified atom stereocenters. The number of rotatable bonds is 3. The van der Waals surface area contributed by atoms with Crippen molar-refractivity contribution < 1.29 is 14.3 Å². The average Bonchev–Trinajstić information content (AvgIpc) is 2.85. The highest BCUT2D eigenvalue weighted by Crippen LogP contribution is 2.30. The van der Waals surface area contributed by atoms with Crippen LogP contribution >= 0.6 is 0 Å². The maximum Gasteiger partial charge on any atom is 0.338 e. The Balaban J connectivity index is 1.87. The van der Waals surface area contributed by atoms with E-state index in [-0.39, 0.29) is 5.91 Å². The second kappa shape index (κ2) is 5.48. The third kappa shape index (κ3) is 2.51. The van der Waals surface area contributed by atoms with Crippen LogP contribution in [0.1, 0.15) is 22.8 Å². The summed E-state index contributed by atoms with van der Waals surface area (Å²) in [5, 5.41) is 0. The Morgan fingerprint density at radius 2 is 1.95 bits per heavy atom. The zero-order valence-corrected chi connectivity index (χ0v) is 12.2. The van der Waals surface area contributed by atoms with Crippen molar-refractivity contribution in [2.75, 3.05) is 4.90 Å². The van der Waals surface area contributed by atoms with Gasteiger partial charge in [0.25, 0.3) is 5.91 Å². The number of fused-ring (bicyclic) bond motifs is 1. The molecule has 0 saturated heterocycles. The molecular weight excluding hydrogens is 278 g/mol. The number of amides is 1. The molecule has 2 aromatic rings. The molecule has 0 saturated carbocycles. The summed E-state index contributed by atoms with van der Waals surface area (Å²) >= 11 is 0. The first kappa shape index (κ1) is 14.1. The minimum absolute atomic E-state index is 0.0426. The summed E-state index contributed by atoms with van der Waals surface area (Å²) in [6.45, 7) is 5.66. The Kier molecular flexibility index (Phi) is 3.51. The molecule has 0 fully saturated rings. The summed E-state index contributed by atoms with van der Waals surface area (Å²) in [5.41, 5.74) is 2.74. The Hall–Kier alpha value is -2.88. The van der Waals surface area contributed by atoms with Gasteiger partial charge in [0.1, 0.15) is 5.75 Å². The molecular formula is C18H15NO3. The maximum atomic E-state index is 12.4. The Labute approximate surface area is 128 Å². The van der Waals surface area contributed by atoms with Crippen molar-refractivity contribution in [2.24, 2.45) is 0 Å². The van der Waals surface area contributed by atoms with Crippen molar-refractivity contribution in [3.63, 3.8) is 0 Å². The highest BCUT2D eigenvalue weighted by molar-refractivity contribution is 6.10. The van der Waals surface area contributed by atoms with Gasteiger partial charge in [-0.3, -0.25) is 4.79 Å². The predicted octanol–water partition coefficient (Wildman–Crippen LogP) is 3.33. The highest BCUT2D eigenvalue weighted by Gasteiger charge is 2.28. The maximum absolute atomic E-state index is 12.4. The summed E-state index contributed by atoms with van der Waals surface area (Å²) in [7, 11) is 0. The van der Waals surface area contributed by atoms with Crippen molar-refractivity contribution >= 4 is 17.6 Å². The molecule has 0 bridgehead atoms. The number of hydrogen-bond donors (Lipinski definition) is 0. The highest BCUT2D eigenvalue weighted by atomic mass is 16.5. The van der Waals surface area contributed by atoms with Crippen LogP contribution in [-0.4, -0.2) is 11.9 Å². The molecule has 3 rings (SSSR count). The summed E-state index contributed by atoms with van der Waals surface area (Å²) < 4.78 is 5.21. The van der Waals surface area contributed by atoms with Gasteiger partial charge in [0, 0.05) is 22.9 Å². The quantitative estimate of drug-likeness (QED) is 0.495. The number of esters is 1. The van der Waals surface area contributed by atoms with E-state index in [9.17, 15) is 9.59 Å². The summed E-state index contributed by atoms with van der Waals surface area (Å²) in [4.78, 5) is 25.7. The van der Waals surface area contributed by atoms with E-state index < -0.39 is 5.97 Å². The predicted molar refractivity (Wildman–Crippen MR) is 83.8 cm³/mol. The van der Waals surface area contributed by atoms with E-state index in [1.54, 1.807) is 30.0 Å². The van der Waals surface area contributed by atoms with Gasteiger partial charge in [-0.25, -0.2) is 4.79 Å². The van der Waals surface area contributed by atoms with E-state index >= 15 is 0 Å². The van der Waals surface area contributed by atoms with Gasteiger partial charge in [-0.15, -0.1) is 0 Å². The number of carbonyl (C=O) groups is 2. The summed E-state index contributed by atoms with van der Waals surface area (Å²) in [6, 6.07) is 14.5. The topological polar surface area (TPSA) is 46.6 Å². The normalized spacial score (nSPS) is 13.0. The first-order chi connectivity index (χ1) is 10.6. The van der Waals surface area contributed by atoms with Crippen LogP contribution in [0.5, 0.6) is 5.75 Å².